The van der Waals surface area contributed by atoms with E-state index in [9.17, 15) is 9.59 Å². The maximum atomic E-state index is 12.6. The van der Waals surface area contributed by atoms with Gasteiger partial charge in [-0.2, -0.15) is 0 Å². The number of benzene rings is 1. The first-order valence-electron chi connectivity index (χ1n) is 10.2. The number of pyridine rings is 1. The number of amides is 2. The van der Waals surface area contributed by atoms with E-state index in [0.717, 1.165) is 35.1 Å². The number of hydrogen-bond donors (Lipinski definition) is 2. The van der Waals surface area contributed by atoms with E-state index in [1.54, 1.807) is 23.9 Å². The molecule has 0 spiro atoms. The lowest BCUT2D eigenvalue weighted by atomic mass is 10.1. The number of thioether (sulfide) groups is 1. The van der Waals surface area contributed by atoms with Gasteiger partial charge in [0.2, 0.25) is 5.91 Å². The van der Waals surface area contributed by atoms with Crippen LogP contribution in [0.2, 0.25) is 0 Å². The van der Waals surface area contributed by atoms with Crippen LogP contribution in [0.3, 0.4) is 0 Å². The second-order valence-electron chi connectivity index (χ2n) is 7.47. The summed E-state index contributed by atoms with van der Waals surface area (Å²) in [6.07, 6.45) is 7.37. The van der Waals surface area contributed by atoms with Crippen molar-refractivity contribution >= 4 is 35.1 Å². The Morgan fingerprint density at radius 3 is 2.72 bits per heavy atom. The minimum absolute atomic E-state index is 0.00983. The molecule has 1 saturated heterocycles. The fraction of sp³-hybridized carbons (Fsp3) is 0.409. The van der Waals surface area contributed by atoms with Gasteiger partial charge < -0.3 is 15.5 Å². The predicted molar refractivity (Wildman–Crippen MR) is 117 cm³/mol. The van der Waals surface area contributed by atoms with Crippen LogP contribution in [0, 0.1) is 0 Å². The van der Waals surface area contributed by atoms with Crippen LogP contribution in [0.1, 0.15) is 48.0 Å². The molecule has 2 N–H and O–H groups in total. The van der Waals surface area contributed by atoms with Crippen molar-refractivity contribution < 1.29 is 9.59 Å². The minimum Gasteiger partial charge on any atom is -0.357 e. The van der Waals surface area contributed by atoms with Crippen LogP contribution in [0.4, 0.5) is 11.5 Å². The summed E-state index contributed by atoms with van der Waals surface area (Å²) in [4.78, 5) is 32.3. The van der Waals surface area contributed by atoms with Gasteiger partial charge in [0, 0.05) is 48.5 Å². The quantitative estimate of drug-likeness (QED) is 0.801. The highest BCUT2D eigenvalue weighted by Gasteiger charge is 2.16. The standard InChI is InChI=1S/C22H26N4O2S/c27-21-9-12-29-19-7-6-17(13-18(19)25-21)22(28)24-15-16-5-8-20(23-14-16)26-10-3-1-2-4-11-26/h5-8,13-14H,1-4,9-12,15H2,(H,24,28)(H,25,27). The van der Waals surface area contributed by atoms with Gasteiger partial charge in [-0.1, -0.05) is 18.9 Å². The Balaban J connectivity index is 1.36. The SMILES string of the molecule is O=C1CCSc2ccc(C(=O)NCc3ccc(N4CCCCCC4)nc3)cc2N1. The molecule has 3 heterocycles. The van der Waals surface area contributed by atoms with Crippen LogP contribution in [-0.2, 0) is 11.3 Å². The molecule has 0 radical (unpaired) electrons. The normalized spacial score (nSPS) is 17.0. The molecule has 1 aromatic heterocycles. The number of anilines is 2. The molecule has 29 heavy (non-hydrogen) atoms. The highest BCUT2D eigenvalue weighted by atomic mass is 32.2. The zero-order valence-corrected chi connectivity index (χ0v) is 17.3. The third-order valence-electron chi connectivity index (χ3n) is 5.29. The first kappa shape index (κ1) is 19.8. The van der Waals surface area contributed by atoms with E-state index in [4.69, 9.17) is 0 Å². The summed E-state index contributed by atoms with van der Waals surface area (Å²) < 4.78 is 0. The average molecular weight is 411 g/mol. The Bertz CT molecular complexity index is 877. The zero-order valence-electron chi connectivity index (χ0n) is 16.4. The second kappa shape index (κ2) is 9.31. The Kier molecular flexibility index (Phi) is 6.34. The fourth-order valence-electron chi connectivity index (χ4n) is 3.65. The van der Waals surface area contributed by atoms with Gasteiger partial charge in [0.25, 0.3) is 5.91 Å². The molecule has 0 unspecified atom stereocenters. The number of nitrogens with zero attached hydrogens (tertiary/aromatic N) is 2. The summed E-state index contributed by atoms with van der Waals surface area (Å²) in [5.41, 5.74) is 2.23. The number of rotatable bonds is 4. The zero-order chi connectivity index (χ0) is 20.1. The van der Waals surface area contributed by atoms with E-state index < -0.39 is 0 Å². The fourth-order valence-corrected chi connectivity index (χ4v) is 4.59. The van der Waals surface area contributed by atoms with Crippen molar-refractivity contribution in [3.8, 4) is 0 Å². The van der Waals surface area contributed by atoms with Crippen LogP contribution >= 0.6 is 11.8 Å². The predicted octanol–water partition coefficient (Wildman–Crippen LogP) is 3.83. The molecule has 0 saturated carbocycles. The molecule has 7 heteroatoms. The van der Waals surface area contributed by atoms with Crippen LogP contribution in [0.5, 0.6) is 0 Å². The van der Waals surface area contributed by atoms with Gasteiger partial charge in [0.05, 0.1) is 5.69 Å². The first-order chi connectivity index (χ1) is 14.2. The van der Waals surface area contributed by atoms with E-state index in [1.807, 2.05) is 24.4 Å². The van der Waals surface area contributed by atoms with Gasteiger partial charge in [-0.15, -0.1) is 11.8 Å². The van der Waals surface area contributed by atoms with Crippen LogP contribution in [0.15, 0.2) is 41.4 Å². The number of carbonyl (C=O) groups is 2. The van der Waals surface area contributed by atoms with Crippen LogP contribution in [0.25, 0.3) is 0 Å². The molecule has 0 aliphatic carbocycles. The van der Waals surface area contributed by atoms with Gasteiger partial charge >= 0.3 is 0 Å². The Hall–Kier alpha value is -2.54. The lowest BCUT2D eigenvalue weighted by Gasteiger charge is -2.21. The molecule has 6 nitrogen and oxygen atoms in total. The summed E-state index contributed by atoms with van der Waals surface area (Å²) >= 11 is 1.63. The van der Waals surface area contributed by atoms with Crippen molar-refractivity contribution in [3.05, 3.63) is 47.7 Å². The summed E-state index contributed by atoms with van der Waals surface area (Å²) in [5.74, 6) is 1.60. The number of fused-ring (bicyclic) bond motifs is 1. The third-order valence-corrected chi connectivity index (χ3v) is 6.37. The number of hydrogen-bond acceptors (Lipinski definition) is 5. The van der Waals surface area contributed by atoms with Gasteiger partial charge in [-0.3, -0.25) is 9.59 Å². The molecule has 0 atom stereocenters. The number of carbonyl (C=O) groups excluding carboxylic acids is 2. The average Bonchev–Trinajstić information content (AvgIpc) is 3.12. The highest BCUT2D eigenvalue weighted by molar-refractivity contribution is 7.99. The van der Waals surface area contributed by atoms with Gasteiger partial charge in [0.15, 0.2) is 0 Å². The van der Waals surface area contributed by atoms with E-state index in [-0.39, 0.29) is 11.8 Å². The van der Waals surface area contributed by atoms with Crippen molar-refractivity contribution in [2.45, 2.75) is 43.5 Å². The summed E-state index contributed by atoms with van der Waals surface area (Å²) in [6, 6.07) is 9.53. The molecule has 2 aliphatic heterocycles. The molecule has 1 fully saturated rings. The summed E-state index contributed by atoms with van der Waals surface area (Å²) in [5, 5.41) is 5.82. The topological polar surface area (TPSA) is 74.3 Å². The smallest absolute Gasteiger partial charge is 0.251 e. The maximum absolute atomic E-state index is 12.6. The van der Waals surface area contributed by atoms with E-state index >= 15 is 0 Å². The summed E-state index contributed by atoms with van der Waals surface area (Å²) in [7, 11) is 0. The highest BCUT2D eigenvalue weighted by Crippen LogP contribution is 2.31. The lowest BCUT2D eigenvalue weighted by Crippen LogP contribution is -2.25. The van der Waals surface area contributed by atoms with Crippen molar-refractivity contribution in [2.24, 2.45) is 0 Å². The molecule has 2 aliphatic rings. The van der Waals surface area contributed by atoms with Crippen molar-refractivity contribution in [1.29, 1.82) is 0 Å². The molecule has 1 aromatic carbocycles. The lowest BCUT2D eigenvalue weighted by molar-refractivity contribution is -0.115. The van der Waals surface area contributed by atoms with Gasteiger partial charge in [-0.05, 0) is 42.7 Å². The molecular formula is C22H26N4O2S. The van der Waals surface area contributed by atoms with Crippen LogP contribution < -0.4 is 15.5 Å². The molecule has 4 rings (SSSR count). The molecule has 2 aromatic rings. The third kappa shape index (κ3) is 5.09. The monoisotopic (exact) mass is 410 g/mol. The van der Waals surface area contributed by atoms with Gasteiger partial charge in [-0.25, -0.2) is 4.98 Å². The van der Waals surface area contributed by atoms with Crippen LogP contribution in [-0.4, -0.2) is 35.6 Å². The maximum Gasteiger partial charge on any atom is 0.251 e. The van der Waals surface area contributed by atoms with E-state index in [2.05, 4.69) is 20.5 Å². The molecule has 0 bridgehead atoms. The Morgan fingerprint density at radius 2 is 1.97 bits per heavy atom. The summed E-state index contributed by atoms with van der Waals surface area (Å²) in [6.45, 7) is 2.55. The Labute approximate surface area is 175 Å². The molecular weight excluding hydrogens is 384 g/mol. The largest absolute Gasteiger partial charge is 0.357 e. The van der Waals surface area contributed by atoms with Crippen molar-refractivity contribution in [1.82, 2.24) is 10.3 Å². The van der Waals surface area contributed by atoms with Crippen molar-refractivity contribution in [3.63, 3.8) is 0 Å². The van der Waals surface area contributed by atoms with Gasteiger partial charge in [0.1, 0.15) is 5.82 Å². The second-order valence-corrected chi connectivity index (χ2v) is 8.60. The number of aromatic nitrogens is 1. The van der Waals surface area contributed by atoms with E-state index in [0.29, 0.717) is 24.2 Å². The van der Waals surface area contributed by atoms with E-state index in [1.165, 1.54) is 25.7 Å². The van der Waals surface area contributed by atoms with Crippen molar-refractivity contribution in [2.75, 3.05) is 29.1 Å². The molecule has 152 valence electrons. The molecule has 2 amide bonds. The first-order valence-corrected chi connectivity index (χ1v) is 11.2. The Morgan fingerprint density at radius 1 is 1.14 bits per heavy atom. The minimum atomic E-state index is -0.159. The number of nitrogens with one attached hydrogen (secondary N) is 2.